The van der Waals surface area contributed by atoms with Gasteiger partial charge in [0, 0.05) is 23.7 Å². The van der Waals surface area contributed by atoms with Gasteiger partial charge in [0.1, 0.15) is 0 Å². The first-order chi connectivity index (χ1) is 10.1. The van der Waals surface area contributed by atoms with Gasteiger partial charge in [-0.25, -0.2) is 4.79 Å². The molecular weight excluding hydrogens is 270 g/mol. The van der Waals surface area contributed by atoms with E-state index in [1.807, 2.05) is 6.92 Å². The van der Waals surface area contributed by atoms with Gasteiger partial charge in [-0.3, -0.25) is 9.59 Å². The summed E-state index contributed by atoms with van der Waals surface area (Å²) in [6, 6.07) is 6.48. The fraction of sp³-hybridized carbons (Fsp3) is 0.312. The second-order valence-corrected chi connectivity index (χ2v) is 4.41. The molecule has 0 spiro atoms. The van der Waals surface area contributed by atoms with E-state index in [-0.39, 0.29) is 18.3 Å². The van der Waals surface area contributed by atoms with Crippen LogP contribution in [-0.4, -0.2) is 24.3 Å². The molecule has 0 aromatic heterocycles. The topological polar surface area (TPSA) is 72.5 Å². The number of hydrogen-bond acceptors (Lipinski definition) is 4. The van der Waals surface area contributed by atoms with Crippen molar-refractivity contribution >= 4 is 23.3 Å². The van der Waals surface area contributed by atoms with Crippen molar-refractivity contribution in [3.63, 3.8) is 0 Å². The summed E-state index contributed by atoms with van der Waals surface area (Å²) in [4.78, 5) is 34.3. The molecule has 1 N–H and O–H groups in total. The standard InChI is InChI=1S/C16H19NO4/c1-3-5-15(19)17-13-9-7-12(8-10-13)14(18)11-21-16(20)6-4-2/h4,6-10H,3,5,11H2,1-2H3,(H,17,19)/b6-4+. The Morgan fingerprint density at radius 3 is 2.43 bits per heavy atom. The highest BCUT2D eigenvalue weighted by molar-refractivity contribution is 5.99. The monoisotopic (exact) mass is 289 g/mol. The summed E-state index contributed by atoms with van der Waals surface area (Å²) in [5.74, 6) is -0.898. The number of nitrogens with one attached hydrogen (secondary N) is 1. The highest BCUT2D eigenvalue weighted by Gasteiger charge is 2.09. The first kappa shape index (κ1) is 16.6. The number of amides is 1. The van der Waals surface area contributed by atoms with Gasteiger partial charge in [0.2, 0.25) is 5.91 Å². The Balaban J connectivity index is 2.55. The Morgan fingerprint density at radius 1 is 1.19 bits per heavy atom. The van der Waals surface area contributed by atoms with Crippen LogP contribution in [0.3, 0.4) is 0 Å². The molecule has 1 amide bonds. The zero-order valence-electron chi connectivity index (χ0n) is 12.2. The molecule has 5 heteroatoms. The molecular formula is C16H19NO4. The van der Waals surface area contributed by atoms with Gasteiger partial charge >= 0.3 is 5.97 Å². The molecule has 0 bridgehead atoms. The number of carbonyl (C=O) groups is 3. The number of Topliss-reactive ketones (excluding diaryl/α,β-unsaturated/α-hetero) is 1. The number of ether oxygens (including phenoxy) is 1. The molecule has 21 heavy (non-hydrogen) atoms. The van der Waals surface area contributed by atoms with Gasteiger partial charge in [-0.2, -0.15) is 0 Å². The summed E-state index contributed by atoms with van der Waals surface area (Å²) in [6.45, 7) is 3.32. The highest BCUT2D eigenvalue weighted by Crippen LogP contribution is 2.11. The smallest absolute Gasteiger partial charge is 0.330 e. The number of allylic oxidation sites excluding steroid dienone is 1. The minimum absolute atomic E-state index is 0.0585. The van der Waals surface area contributed by atoms with Crippen molar-refractivity contribution in [2.75, 3.05) is 11.9 Å². The summed E-state index contributed by atoms with van der Waals surface area (Å²) < 4.78 is 4.78. The molecule has 0 atom stereocenters. The SMILES string of the molecule is C/C=C/C(=O)OCC(=O)c1ccc(NC(=O)CCC)cc1. The van der Waals surface area contributed by atoms with Gasteiger partial charge in [0.05, 0.1) is 0 Å². The minimum atomic E-state index is -0.547. The van der Waals surface area contributed by atoms with Gasteiger partial charge in [-0.15, -0.1) is 0 Å². The van der Waals surface area contributed by atoms with E-state index in [1.165, 1.54) is 6.08 Å². The number of anilines is 1. The van der Waals surface area contributed by atoms with Crippen molar-refractivity contribution < 1.29 is 19.1 Å². The van der Waals surface area contributed by atoms with Gasteiger partial charge in [0.15, 0.2) is 12.4 Å². The molecule has 0 radical (unpaired) electrons. The van der Waals surface area contributed by atoms with Crippen molar-refractivity contribution in [2.24, 2.45) is 0 Å². The maximum atomic E-state index is 11.8. The molecule has 5 nitrogen and oxygen atoms in total. The van der Waals surface area contributed by atoms with E-state index in [2.05, 4.69) is 5.32 Å². The maximum Gasteiger partial charge on any atom is 0.330 e. The number of esters is 1. The second kappa shape index (κ2) is 8.68. The molecule has 0 unspecified atom stereocenters. The van der Waals surface area contributed by atoms with E-state index in [0.717, 1.165) is 6.42 Å². The molecule has 0 saturated carbocycles. The number of hydrogen-bond donors (Lipinski definition) is 1. The predicted molar refractivity (Wildman–Crippen MR) is 80.1 cm³/mol. The van der Waals surface area contributed by atoms with Gasteiger partial charge in [-0.1, -0.05) is 13.0 Å². The number of carbonyl (C=O) groups excluding carboxylic acids is 3. The zero-order valence-corrected chi connectivity index (χ0v) is 12.2. The lowest BCUT2D eigenvalue weighted by Gasteiger charge is -2.06. The van der Waals surface area contributed by atoms with E-state index >= 15 is 0 Å². The van der Waals surface area contributed by atoms with Crippen LogP contribution in [0.4, 0.5) is 5.69 Å². The van der Waals surface area contributed by atoms with E-state index in [0.29, 0.717) is 17.7 Å². The second-order valence-electron chi connectivity index (χ2n) is 4.41. The Labute approximate surface area is 124 Å². The van der Waals surface area contributed by atoms with Crippen LogP contribution in [0, 0.1) is 0 Å². The van der Waals surface area contributed by atoms with Gasteiger partial charge in [-0.05, 0) is 37.6 Å². The van der Waals surface area contributed by atoms with Gasteiger partial charge in [0.25, 0.3) is 0 Å². The Kier molecular flexibility index (Phi) is 6.87. The van der Waals surface area contributed by atoms with Crippen LogP contribution in [0.5, 0.6) is 0 Å². The van der Waals surface area contributed by atoms with Gasteiger partial charge < -0.3 is 10.1 Å². The molecule has 0 fully saturated rings. The van der Waals surface area contributed by atoms with E-state index < -0.39 is 5.97 Å². The molecule has 1 rings (SSSR count). The molecule has 1 aromatic carbocycles. The average molecular weight is 289 g/mol. The lowest BCUT2D eigenvalue weighted by Crippen LogP contribution is -2.13. The Bertz CT molecular complexity index is 532. The van der Waals surface area contributed by atoms with Crippen molar-refractivity contribution in [3.05, 3.63) is 42.0 Å². The third kappa shape index (κ3) is 6.03. The summed E-state index contributed by atoms with van der Waals surface area (Å²) in [5, 5.41) is 2.73. The molecule has 0 saturated heterocycles. The van der Waals surface area contributed by atoms with Crippen LogP contribution in [-0.2, 0) is 14.3 Å². The van der Waals surface area contributed by atoms with Crippen LogP contribution < -0.4 is 5.32 Å². The molecule has 0 heterocycles. The van der Waals surface area contributed by atoms with Crippen LogP contribution in [0.25, 0.3) is 0 Å². The Hall–Kier alpha value is -2.43. The normalized spacial score (nSPS) is 10.4. The summed E-state index contributed by atoms with van der Waals surface area (Å²) in [5.41, 5.74) is 1.06. The molecule has 0 aliphatic carbocycles. The van der Waals surface area contributed by atoms with Crippen molar-refractivity contribution in [1.82, 2.24) is 0 Å². The van der Waals surface area contributed by atoms with E-state index in [1.54, 1.807) is 37.3 Å². The zero-order chi connectivity index (χ0) is 15.7. The lowest BCUT2D eigenvalue weighted by molar-refractivity contribution is -0.136. The summed E-state index contributed by atoms with van der Waals surface area (Å²) in [6.07, 6.45) is 4.03. The molecule has 112 valence electrons. The highest BCUT2D eigenvalue weighted by atomic mass is 16.5. The van der Waals surface area contributed by atoms with Crippen molar-refractivity contribution in [1.29, 1.82) is 0 Å². The molecule has 0 aliphatic heterocycles. The number of benzene rings is 1. The van der Waals surface area contributed by atoms with Crippen LogP contribution in [0.1, 0.15) is 37.0 Å². The van der Waals surface area contributed by atoms with Crippen LogP contribution >= 0.6 is 0 Å². The molecule has 0 aliphatic rings. The average Bonchev–Trinajstić information content (AvgIpc) is 2.46. The minimum Gasteiger partial charge on any atom is -0.454 e. The van der Waals surface area contributed by atoms with Crippen LogP contribution in [0.2, 0.25) is 0 Å². The third-order valence-electron chi connectivity index (χ3n) is 2.62. The van der Waals surface area contributed by atoms with Crippen LogP contribution in [0.15, 0.2) is 36.4 Å². The maximum absolute atomic E-state index is 11.8. The lowest BCUT2D eigenvalue weighted by atomic mass is 10.1. The quantitative estimate of drug-likeness (QED) is 0.476. The molecule has 1 aromatic rings. The first-order valence-corrected chi connectivity index (χ1v) is 6.79. The van der Waals surface area contributed by atoms with Crippen molar-refractivity contribution in [2.45, 2.75) is 26.7 Å². The number of ketones is 1. The summed E-state index contributed by atoms with van der Waals surface area (Å²) in [7, 11) is 0. The summed E-state index contributed by atoms with van der Waals surface area (Å²) >= 11 is 0. The fourth-order valence-corrected chi connectivity index (χ4v) is 1.59. The largest absolute Gasteiger partial charge is 0.454 e. The first-order valence-electron chi connectivity index (χ1n) is 6.79. The third-order valence-corrected chi connectivity index (χ3v) is 2.62. The predicted octanol–water partition coefficient (Wildman–Crippen LogP) is 2.73. The fourth-order valence-electron chi connectivity index (χ4n) is 1.59. The Morgan fingerprint density at radius 2 is 1.86 bits per heavy atom. The number of rotatable bonds is 7. The van der Waals surface area contributed by atoms with Crippen molar-refractivity contribution in [3.8, 4) is 0 Å². The van der Waals surface area contributed by atoms with E-state index in [9.17, 15) is 14.4 Å². The van der Waals surface area contributed by atoms with E-state index in [4.69, 9.17) is 4.74 Å².